The fourth-order valence-corrected chi connectivity index (χ4v) is 2.27. The molecule has 0 aromatic rings. The normalized spacial score (nSPS) is 16.3. The van der Waals surface area contributed by atoms with E-state index in [1.165, 1.54) is 12.8 Å². The minimum Gasteiger partial charge on any atom is -0.286 e. The van der Waals surface area contributed by atoms with Crippen LogP contribution in [0, 0.1) is 5.41 Å². The highest BCUT2D eigenvalue weighted by Crippen LogP contribution is 2.33. The van der Waals surface area contributed by atoms with Gasteiger partial charge in [0.15, 0.2) is 0 Å². The molecule has 0 aromatic heterocycles. The van der Waals surface area contributed by atoms with Gasteiger partial charge in [-0.05, 0) is 24.7 Å². The average molecular weight is 236 g/mol. The highest BCUT2D eigenvalue weighted by molar-refractivity contribution is 7.85. The smallest absolute Gasteiger partial charge is 0.264 e. The zero-order valence-electron chi connectivity index (χ0n) is 10.1. The Kier molecular flexibility index (Phi) is 6.44. The van der Waals surface area contributed by atoms with E-state index in [0.717, 1.165) is 19.3 Å². The van der Waals surface area contributed by atoms with E-state index in [0.29, 0.717) is 6.42 Å². The van der Waals surface area contributed by atoms with E-state index in [2.05, 4.69) is 20.8 Å². The van der Waals surface area contributed by atoms with Crippen molar-refractivity contribution in [3.63, 3.8) is 0 Å². The summed E-state index contributed by atoms with van der Waals surface area (Å²) in [6.45, 7) is 6.50. The second-order valence-electron chi connectivity index (χ2n) is 4.66. The molecule has 15 heavy (non-hydrogen) atoms. The van der Waals surface area contributed by atoms with Crippen LogP contribution in [0.5, 0.6) is 0 Å². The molecule has 0 aromatic carbocycles. The maximum Gasteiger partial charge on any atom is 0.264 e. The van der Waals surface area contributed by atoms with Gasteiger partial charge in [-0.15, -0.1) is 0 Å². The van der Waals surface area contributed by atoms with Gasteiger partial charge in [0.05, 0.1) is 5.75 Å². The van der Waals surface area contributed by atoms with Gasteiger partial charge in [0.1, 0.15) is 0 Å². The molecule has 3 nitrogen and oxygen atoms in total. The molecule has 0 amide bonds. The third kappa shape index (κ3) is 7.79. The van der Waals surface area contributed by atoms with Crippen LogP contribution in [0.25, 0.3) is 0 Å². The predicted octanol–water partition coefficient (Wildman–Crippen LogP) is 3.26. The van der Waals surface area contributed by atoms with Gasteiger partial charge in [0.2, 0.25) is 0 Å². The molecule has 0 saturated heterocycles. The lowest BCUT2D eigenvalue weighted by Crippen LogP contribution is -2.17. The fourth-order valence-electron chi connectivity index (χ4n) is 1.76. The lowest BCUT2D eigenvalue weighted by Gasteiger charge is -2.28. The fraction of sp³-hybridized carbons (Fsp3) is 1.00. The average Bonchev–Trinajstić information content (AvgIpc) is 2.13. The molecule has 4 heteroatoms. The van der Waals surface area contributed by atoms with Gasteiger partial charge in [-0.3, -0.25) is 4.55 Å². The number of unbranched alkanes of at least 4 members (excludes halogenated alkanes) is 1. The van der Waals surface area contributed by atoms with Crippen molar-refractivity contribution in [3.05, 3.63) is 0 Å². The lowest BCUT2D eigenvalue weighted by molar-refractivity contribution is 0.250. The molecule has 0 rings (SSSR count). The Bertz CT molecular complexity index is 259. The molecule has 0 heterocycles. The van der Waals surface area contributed by atoms with Gasteiger partial charge in [-0.25, -0.2) is 0 Å². The summed E-state index contributed by atoms with van der Waals surface area (Å²) in [5, 5.41) is 0. The first-order valence-corrected chi connectivity index (χ1v) is 7.39. The predicted molar refractivity (Wildman–Crippen MR) is 63.6 cm³/mol. The summed E-state index contributed by atoms with van der Waals surface area (Å²) < 4.78 is 29.8. The van der Waals surface area contributed by atoms with E-state index in [1.807, 2.05) is 0 Å². The van der Waals surface area contributed by atoms with Crippen molar-refractivity contribution in [1.29, 1.82) is 0 Å². The van der Waals surface area contributed by atoms with Crippen LogP contribution in [0.1, 0.15) is 59.3 Å². The third-order valence-corrected chi connectivity index (χ3v) is 3.97. The quantitative estimate of drug-likeness (QED) is 0.658. The van der Waals surface area contributed by atoms with Gasteiger partial charge >= 0.3 is 0 Å². The number of hydrogen-bond donors (Lipinski definition) is 1. The molecule has 1 N–H and O–H groups in total. The molecular weight excluding hydrogens is 212 g/mol. The Labute approximate surface area is 94.0 Å². The van der Waals surface area contributed by atoms with E-state index in [-0.39, 0.29) is 11.2 Å². The molecule has 1 unspecified atom stereocenters. The first-order chi connectivity index (χ1) is 6.83. The molecule has 0 aliphatic carbocycles. The Balaban J connectivity index is 3.98. The second-order valence-corrected chi connectivity index (χ2v) is 6.23. The first-order valence-electron chi connectivity index (χ1n) is 5.78. The maximum atomic E-state index is 10.6. The van der Waals surface area contributed by atoms with Gasteiger partial charge in [-0.2, -0.15) is 8.42 Å². The topological polar surface area (TPSA) is 54.4 Å². The maximum absolute atomic E-state index is 10.6. The molecule has 92 valence electrons. The van der Waals surface area contributed by atoms with Gasteiger partial charge < -0.3 is 0 Å². The molecule has 0 bridgehead atoms. The second kappa shape index (κ2) is 6.48. The van der Waals surface area contributed by atoms with Crippen LogP contribution >= 0.6 is 0 Å². The van der Waals surface area contributed by atoms with E-state index in [4.69, 9.17) is 4.55 Å². The van der Waals surface area contributed by atoms with Crippen molar-refractivity contribution in [2.45, 2.75) is 59.3 Å². The summed E-state index contributed by atoms with van der Waals surface area (Å²) in [5.74, 6) is -0.102. The Morgan fingerprint density at radius 1 is 1.13 bits per heavy atom. The van der Waals surface area contributed by atoms with Crippen molar-refractivity contribution in [3.8, 4) is 0 Å². The molecular formula is C11H24O3S. The molecule has 0 aliphatic heterocycles. The summed E-state index contributed by atoms with van der Waals surface area (Å²) in [6.07, 6.45) is 6.02. The van der Waals surface area contributed by atoms with E-state index in [1.54, 1.807) is 0 Å². The zero-order valence-corrected chi connectivity index (χ0v) is 10.9. The highest BCUT2D eigenvalue weighted by Gasteiger charge is 2.21. The van der Waals surface area contributed by atoms with Crippen LogP contribution in [-0.2, 0) is 10.1 Å². The summed E-state index contributed by atoms with van der Waals surface area (Å²) in [7, 11) is -3.78. The molecule has 1 atom stereocenters. The standard InChI is InChI=1S/C11H24O3S/c1-4-6-8-11(3,5-2)9-7-10-15(12,13)14/h4-10H2,1-3H3,(H,12,13,14). The Morgan fingerprint density at radius 3 is 2.07 bits per heavy atom. The first kappa shape index (κ1) is 14.9. The van der Waals surface area contributed by atoms with Gasteiger partial charge in [0, 0.05) is 0 Å². The minimum absolute atomic E-state index is 0.102. The highest BCUT2D eigenvalue weighted by atomic mass is 32.2. The number of rotatable bonds is 8. The third-order valence-electron chi connectivity index (χ3n) is 3.17. The molecule has 0 radical (unpaired) electrons. The van der Waals surface area contributed by atoms with Crippen molar-refractivity contribution in [2.75, 3.05) is 5.75 Å². The SMILES string of the molecule is CCCCC(C)(CC)CCCS(=O)(=O)O. The van der Waals surface area contributed by atoms with E-state index in [9.17, 15) is 8.42 Å². The molecule has 0 spiro atoms. The van der Waals surface area contributed by atoms with Gasteiger partial charge in [-0.1, -0.05) is 40.0 Å². The van der Waals surface area contributed by atoms with Crippen molar-refractivity contribution >= 4 is 10.1 Å². The van der Waals surface area contributed by atoms with Crippen LogP contribution in [0.3, 0.4) is 0 Å². The van der Waals surface area contributed by atoms with Crippen LogP contribution in [0.4, 0.5) is 0 Å². The summed E-state index contributed by atoms with van der Waals surface area (Å²) in [6, 6.07) is 0. The summed E-state index contributed by atoms with van der Waals surface area (Å²) >= 11 is 0. The molecule has 0 saturated carbocycles. The molecule has 0 fully saturated rings. The van der Waals surface area contributed by atoms with E-state index < -0.39 is 10.1 Å². The zero-order chi connectivity index (χ0) is 11.9. The summed E-state index contributed by atoms with van der Waals surface area (Å²) in [5.41, 5.74) is 0.237. The Morgan fingerprint density at radius 2 is 1.67 bits per heavy atom. The summed E-state index contributed by atoms with van der Waals surface area (Å²) in [4.78, 5) is 0. The van der Waals surface area contributed by atoms with Crippen molar-refractivity contribution in [2.24, 2.45) is 5.41 Å². The number of hydrogen-bond acceptors (Lipinski definition) is 2. The van der Waals surface area contributed by atoms with Crippen LogP contribution < -0.4 is 0 Å². The largest absolute Gasteiger partial charge is 0.286 e. The minimum atomic E-state index is -3.78. The Hall–Kier alpha value is -0.0900. The van der Waals surface area contributed by atoms with E-state index >= 15 is 0 Å². The lowest BCUT2D eigenvalue weighted by atomic mass is 9.78. The van der Waals surface area contributed by atoms with Crippen molar-refractivity contribution < 1.29 is 13.0 Å². The van der Waals surface area contributed by atoms with Crippen LogP contribution in [0.15, 0.2) is 0 Å². The monoisotopic (exact) mass is 236 g/mol. The van der Waals surface area contributed by atoms with Crippen LogP contribution in [0.2, 0.25) is 0 Å². The molecule has 0 aliphatic rings. The van der Waals surface area contributed by atoms with Crippen LogP contribution in [-0.4, -0.2) is 18.7 Å². The van der Waals surface area contributed by atoms with Gasteiger partial charge in [0.25, 0.3) is 10.1 Å². The van der Waals surface area contributed by atoms with Crippen molar-refractivity contribution in [1.82, 2.24) is 0 Å².